The van der Waals surface area contributed by atoms with Gasteiger partial charge in [0.25, 0.3) is 5.56 Å². The van der Waals surface area contributed by atoms with Gasteiger partial charge in [0.05, 0.1) is 25.3 Å². The first-order valence-corrected chi connectivity index (χ1v) is 5.48. The van der Waals surface area contributed by atoms with E-state index in [-0.39, 0.29) is 5.56 Å². The number of nitrogens with zero attached hydrogens (tertiary/aromatic N) is 2. The lowest BCUT2D eigenvalue weighted by molar-refractivity contribution is 0.416. The molecular formula is C13H11N3O2. The van der Waals surface area contributed by atoms with Crippen LogP contribution in [0.3, 0.4) is 0 Å². The fourth-order valence-electron chi connectivity index (χ4n) is 1.95. The van der Waals surface area contributed by atoms with Gasteiger partial charge < -0.3 is 9.72 Å². The fourth-order valence-corrected chi connectivity index (χ4v) is 1.95. The monoisotopic (exact) mass is 241 g/mol. The minimum atomic E-state index is -0.170. The molecule has 2 heterocycles. The first-order valence-electron chi connectivity index (χ1n) is 5.48. The zero-order valence-corrected chi connectivity index (χ0v) is 9.75. The number of hydrogen-bond donors (Lipinski definition) is 1. The van der Waals surface area contributed by atoms with Crippen molar-refractivity contribution in [2.24, 2.45) is 0 Å². The number of methoxy groups -OCH3 is 1. The number of para-hydroxylation sites is 1. The van der Waals surface area contributed by atoms with Crippen LogP contribution >= 0.6 is 0 Å². The Bertz CT molecular complexity index is 758. The molecule has 0 amide bonds. The molecule has 0 saturated carbocycles. The molecule has 1 N–H and O–H groups in total. The van der Waals surface area contributed by atoms with Crippen molar-refractivity contribution in [2.45, 2.75) is 0 Å². The van der Waals surface area contributed by atoms with Crippen molar-refractivity contribution < 1.29 is 4.74 Å². The number of fused-ring (bicyclic) bond motifs is 1. The minimum Gasteiger partial charge on any atom is -0.496 e. The molecule has 0 atom stereocenters. The highest BCUT2D eigenvalue weighted by Gasteiger charge is 2.08. The van der Waals surface area contributed by atoms with Crippen LogP contribution in [0.25, 0.3) is 16.8 Å². The maximum atomic E-state index is 11.9. The van der Waals surface area contributed by atoms with E-state index in [0.717, 1.165) is 5.56 Å². The zero-order chi connectivity index (χ0) is 12.5. The van der Waals surface area contributed by atoms with Crippen LogP contribution in [0.2, 0.25) is 0 Å². The van der Waals surface area contributed by atoms with Crippen molar-refractivity contribution in [1.29, 1.82) is 0 Å². The number of ether oxygens (including phenoxy) is 1. The Morgan fingerprint density at radius 1 is 1.33 bits per heavy atom. The molecular weight excluding hydrogens is 230 g/mol. The highest BCUT2D eigenvalue weighted by atomic mass is 16.5. The van der Waals surface area contributed by atoms with E-state index in [4.69, 9.17) is 4.74 Å². The van der Waals surface area contributed by atoms with Crippen LogP contribution in [-0.4, -0.2) is 21.5 Å². The van der Waals surface area contributed by atoms with Gasteiger partial charge in [-0.25, -0.2) is 4.98 Å². The Hall–Kier alpha value is -2.56. The summed E-state index contributed by atoms with van der Waals surface area (Å²) in [6, 6.07) is 7.53. The highest BCUT2D eigenvalue weighted by molar-refractivity contribution is 5.67. The number of imidazole rings is 1. The number of H-pyrrole nitrogens is 1. The van der Waals surface area contributed by atoms with Crippen molar-refractivity contribution >= 4 is 5.52 Å². The standard InChI is InChI=1S/C13H11N3O2/c1-18-12-5-3-2-4-9(12)10-7-16-8-14-6-11(16)13(17)15-10/h2-8H,1H3,(H,15,17). The van der Waals surface area contributed by atoms with Crippen molar-refractivity contribution in [2.75, 3.05) is 7.11 Å². The smallest absolute Gasteiger partial charge is 0.274 e. The second-order valence-corrected chi connectivity index (χ2v) is 3.88. The molecule has 0 fully saturated rings. The summed E-state index contributed by atoms with van der Waals surface area (Å²) < 4.78 is 6.98. The van der Waals surface area contributed by atoms with Gasteiger partial charge in [-0.1, -0.05) is 12.1 Å². The third-order valence-corrected chi connectivity index (χ3v) is 2.81. The molecule has 0 radical (unpaired) electrons. The van der Waals surface area contributed by atoms with E-state index < -0.39 is 0 Å². The van der Waals surface area contributed by atoms with Crippen molar-refractivity contribution in [3.05, 3.63) is 53.3 Å². The second-order valence-electron chi connectivity index (χ2n) is 3.88. The molecule has 0 bridgehead atoms. The Labute approximate surface area is 103 Å². The van der Waals surface area contributed by atoms with Crippen LogP contribution in [0, 0.1) is 0 Å². The van der Waals surface area contributed by atoms with Crippen LogP contribution in [0.5, 0.6) is 5.75 Å². The van der Waals surface area contributed by atoms with Crippen molar-refractivity contribution in [3.63, 3.8) is 0 Å². The van der Waals surface area contributed by atoms with Crippen molar-refractivity contribution in [1.82, 2.24) is 14.4 Å². The zero-order valence-electron chi connectivity index (χ0n) is 9.75. The van der Waals surface area contributed by atoms with Crippen molar-refractivity contribution in [3.8, 4) is 17.0 Å². The van der Waals surface area contributed by atoms with Crippen LogP contribution in [0.4, 0.5) is 0 Å². The molecule has 2 aromatic heterocycles. The quantitative estimate of drug-likeness (QED) is 0.742. The molecule has 0 unspecified atom stereocenters. The van der Waals surface area contributed by atoms with E-state index in [0.29, 0.717) is 17.0 Å². The van der Waals surface area contributed by atoms with Gasteiger partial charge in [-0.3, -0.25) is 9.20 Å². The van der Waals surface area contributed by atoms with Gasteiger partial charge in [0.15, 0.2) is 0 Å². The summed E-state index contributed by atoms with van der Waals surface area (Å²) in [5.41, 5.74) is 1.89. The lowest BCUT2D eigenvalue weighted by atomic mass is 10.1. The number of hydrogen-bond acceptors (Lipinski definition) is 3. The van der Waals surface area contributed by atoms with Crippen LogP contribution in [-0.2, 0) is 0 Å². The fraction of sp³-hybridized carbons (Fsp3) is 0.0769. The summed E-state index contributed by atoms with van der Waals surface area (Å²) in [6.07, 6.45) is 4.95. The molecule has 5 nitrogen and oxygen atoms in total. The van der Waals surface area contributed by atoms with Gasteiger partial charge in [0.1, 0.15) is 11.3 Å². The maximum Gasteiger partial charge on any atom is 0.274 e. The van der Waals surface area contributed by atoms with E-state index in [9.17, 15) is 4.79 Å². The average molecular weight is 241 g/mol. The Morgan fingerprint density at radius 3 is 3.00 bits per heavy atom. The number of nitrogens with one attached hydrogen (secondary N) is 1. The predicted molar refractivity (Wildman–Crippen MR) is 67.8 cm³/mol. The number of rotatable bonds is 2. The number of aromatic amines is 1. The van der Waals surface area contributed by atoms with Gasteiger partial charge in [0, 0.05) is 11.8 Å². The Kier molecular flexibility index (Phi) is 2.37. The Morgan fingerprint density at radius 2 is 2.17 bits per heavy atom. The third kappa shape index (κ3) is 1.57. The lowest BCUT2D eigenvalue weighted by Gasteiger charge is -2.08. The molecule has 3 rings (SSSR count). The number of benzene rings is 1. The maximum absolute atomic E-state index is 11.9. The molecule has 0 aliphatic carbocycles. The largest absolute Gasteiger partial charge is 0.496 e. The average Bonchev–Trinajstić information content (AvgIpc) is 2.87. The molecule has 0 aliphatic rings. The summed E-state index contributed by atoms with van der Waals surface area (Å²) in [5, 5.41) is 0. The second kappa shape index (κ2) is 4.03. The van der Waals surface area contributed by atoms with Crippen LogP contribution in [0.15, 0.2) is 47.8 Å². The van der Waals surface area contributed by atoms with Gasteiger partial charge in [0.2, 0.25) is 0 Å². The number of aromatic nitrogens is 3. The van der Waals surface area contributed by atoms with E-state index in [1.165, 1.54) is 6.20 Å². The third-order valence-electron chi connectivity index (χ3n) is 2.81. The summed E-state index contributed by atoms with van der Waals surface area (Å²) in [5.74, 6) is 0.715. The SMILES string of the molecule is COc1ccccc1-c1cn2cncc2c(=O)[nH]1. The summed E-state index contributed by atoms with van der Waals surface area (Å²) in [4.78, 5) is 18.7. The van der Waals surface area contributed by atoms with E-state index in [1.54, 1.807) is 17.8 Å². The van der Waals surface area contributed by atoms with Crippen LogP contribution < -0.4 is 10.3 Å². The molecule has 5 heteroatoms. The van der Waals surface area contributed by atoms with Gasteiger partial charge in [-0.15, -0.1) is 0 Å². The first-order chi connectivity index (χ1) is 8.79. The van der Waals surface area contributed by atoms with Gasteiger partial charge in [-0.05, 0) is 12.1 Å². The van der Waals surface area contributed by atoms with E-state index >= 15 is 0 Å². The molecule has 1 aromatic carbocycles. The molecule has 3 aromatic rings. The highest BCUT2D eigenvalue weighted by Crippen LogP contribution is 2.27. The Balaban J connectivity index is 2.28. The first kappa shape index (κ1) is 10.6. The molecule has 0 saturated heterocycles. The van der Waals surface area contributed by atoms with Gasteiger partial charge in [-0.2, -0.15) is 0 Å². The minimum absolute atomic E-state index is 0.170. The normalized spacial score (nSPS) is 10.7. The predicted octanol–water partition coefficient (Wildman–Crippen LogP) is 1.70. The van der Waals surface area contributed by atoms with E-state index in [1.807, 2.05) is 30.5 Å². The lowest BCUT2D eigenvalue weighted by Crippen LogP contribution is -2.10. The topological polar surface area (TPSA) is 59.4 Å². The molecule has 0 aliphatic heterocycles. The van der Waals surface area contributed by atoms with Gasteiger partial charge >= 0.3 is 0 Å². The molecule has 90 valence electrons. The summed E-state index contributed by atoms with van der Waals surface area (Å²) in [6.45, 7) is 0. The summed E-state index contributed by atoms with van der Waals surface area (Å²) in [7, 11) is 1.60. The summed E-state index contributed by atoms with van der Waals surface area (Å²) >= 11 is 0. The van der Waals surface area contributed by atoms with E-state index in [2.05, 4.69) is 9.97 Å². The van der Waals surface area contributed by atoms with Crippen LogP contribution in [0.1, 0.15) is 0 Å². The molecule has 0 spiro atoms. The molecule has 18 heavy (non-hydrogen) atoms.